The van der Waals surface area contributed by atoms with Gasteiger partial charge in [0.15, 0.2) is 5.76 Å². The first-order chi connectivity index (χ1) is 12.7. The topological polar surface area (TPSA) is 97.3 Å². The van der Waals surface area contributed by atoms with Gasteiger partial charge in [-0.15, -0.1) is 5.10 Å². The first-order valence-electron chi connectivity index (χ1n) is 8.57. The Hall–Kier alpha value is -3.16. The molecule has 3 aromatic heterocycles. The number of anilines is 1. The number of nitrogens with zero attached hydrogens (tertiary/aromatic N) is 5. The number of rotatable bonds is 5. The van der Waals surface area contributed by atoms with E-state index in [-0.39, 0.29) is 12.5 Å². The van der Waals surface area contributed by atoms with Crippen molar-refractivity contribution in [1.82, 2.24) is 19.7 Å². The highest BCUT2D eigenvalue weighted by molar-refractivity contribution is 5.66. The Morgan fingerprint density at radius 3 is 2.96 bits per heavy atom. The van der Waals surface area contributed by atoms with Gasteiger partial charge in [-0.1, -0.05) is 6.07 Å². The summed E-state index contributed by atoms with van der Waals surface area (Å²) in [5.74, 6) is 1.70. The number of hydrogen-bond acceptors (Lipinski definition) is 6. The number of carboxylic acids is 1. The fourth-order valence-corrected chi connectivity index (χ4v) is 3.35. The van der Waals surface area contributed by atoms with Crippen molar-refractivity contribution in [1.29, 1.82) is 0 Å². The fraction of sp³-hybridized carbons (Fsp3) is 0.333. The molecule has 1 atom stereocenters. The van der Waals surface area contributed by atoms with Crippen molar-refractivity contribution in [2.75, 3.05) is 18.0 Å². The number of aliphatic carboxylic acids is 1. The fourth-order valence-electron chi connectivity index (χ4n) is 3.35. The van der Waals surface area contributed by atoms with Gasteiger partial charge in [-0.05, 0) is 37.1 Å². The van der Waals surface area contributed by atoms with Crippen LogP contribution in [0.3, 0.4) is 0 Å². The zero-order valence-electron chi connectivity index (χ0n) is 14.2. The maximum atomic E-state index is 11.3. The van der Waals surface area contributed by atoms with Crippen molar-refractivity contribution in [2.45, 2.75) is 25.3 Å². The van der Waals surface area contributed by atoms with Gasteiger partial charge in [-0.3, -0.25) is 4.79 Å². The third-order valence-electron chi connectivity index (χ3n) is 4.49. The van der Waals surface area contributed by atoms with Crippen molar-refractivity contribution in [2.24, 2.45) is 0 Å². The Bertz CT molecular complexity index is 876. The summed E-state index contributed by atoms with van der Waals surface area (Å²) in [4.78, 5) is 22.5. The molecule has 0 aromatic carbocycles. The molecule has 4 heterocycles. The van der Waals surface area contributed by atoms with Crippen LogP contribution < -0.4 is 4.90 Å². The van der Waals surface area contributed by atoms with Gasteiger partial charge in [0, 0.05) is 25.2 Å². The van der Waals surface area contributed by atoms with Gasteiger partial charge < -0.3 is 14.4 Å². The molecule has 0 radical (unpaired) electrons. The van der Waals surface area contributed by atoms with Crippen LogP contribution in [0, 0.1) is 0 Å². The molecule has 1 saturated heterocycles. The van der Waals surface area contributed by atoms with E-state index in [4.69, 9.17) is 4.42 Å². The monoisotopic (exact) mass is 353 g/mol. The number of hydrogen-bond donors (Lipinski definition) is 1. The maximum absolute atomic E-state index is 11.3. The third-order valence-corrected chi connectivity index (χ3v) is 4.49. The number of aromatic nitrogens is 4. The number of carboxylic acid groups (broad SMARTS) is 1. The van der Waals surface area contributed by atoms with Gasteiger partial charge in [0.2, 0.25) is 5.82 Å². The van der Waals surface area contributed by atoms with Crippen molar-refractivity contribution >= 4 is 11.8 Å². The summed E-state index contributed by atoms with van der Waals surface area (Å²) in [5, 5.41) is 13.6. The summed E-state index contributed by atoms with van der Waals surface area (Å²) in [7, 11) is 0. The number of piperidine rings is 1. The minimum Gasteiger partial charge on any atom is -0.480 e. The van der Waals surface area contributed by atoms with Gasteiger partial charge >= 0.3 is 5.97 Å². The molecule has 1 aliphatic heterocycles. The molecule has 0 aliphatic carbocycles. The van der Waals surface area contributed by atoms with Gasteiger partial charge in [0.25, 0.3) is 0 Å². The Kier molecular flexibility index (Phi) is 4.39. The lowest BCUT2D eigenvalue weighted by Crippen LogP contribution is -2.36. The van der Waals surface area contributed by atoms with E-state index in [1.165, 1.54) is 4.68 Å². The predicted octanol–water partition coefficient (Wildman–Crippen LogP) is 2.40. The molecule has 0 unspecified atom stereocenters. The van der Waals surface area contributed by atoms with Gasteiger partial charge in [0.05, 0.1) is 6.26 Å². The van der Waals surface area contributed by atoms with Crippen LogP contribution in [0.1, 0.15) is 24.6 Å². The second-order valence-corrected chi connectivity index (χ2v) is 6.30. The highest BCUT2D eigenvalue weighted by Crippen LogP contribution is 2.29. The van der Waals surface area contributed by atoms with Gasteiger partial charge in [0.1, 0.15) is 18.2 Å². The van der Waals surface area contributed by atoms with E-state index in [0.717, 1.165) is 31.7 Å². The maximum Gasteiger partial charge on any atom is 0.325 e. The lowest BCUT2D eigenvalue weighted by atomic mass is 9.97. The molecule has 0 spiro atoms. The van der Waals surface area contributed by atoms with Crippen LogP contribution in [0.15, 0.2) is 47.2 Å². The summed E-state index contributed by atoms with van der Waals surface area (Å²) in [5.41, 5.74) is 0. The normalized spacial score (nSPS) is 17.4. The molecular weight excluding hydrogens is 334 g/mol. The second-order valence-electron chi connectivity index (χ2n) is 6.30. The van der Waals surface area contributed by atoms with Crippen LogP contribution in [-0.2, 0) is 11.3 Å². The standard InChI is InChI=1S/C18H19N5O3/c24-16(25)12-23-18(20-17(21-23)14-6-4-10-26-14)13-5-3-9-22(11-13)15-7-1-2-8-19-15/h1-2,4,6-8,10,13H,3,5,9,11-12H2,(H,24,25)/t13-/m1/s1. The largest absolute Gasteiger partial charge is 0.480 e. The van der Waals surface area contributed by atoms with Crippen LogP contribution in [0.5, 0.6) is 0 Å². The molecule has 1 aliphatic rings. The predicted molar refractivity (Wildman–Crippen MR) is 93.8 cm³/mol. The summed E-state index contributed by atoms with van der Waals surface area (Å²) < 4.78 is 6.84. The second kappa shape index (κ2) is 6.99. The van der Waals surface area contributed by atoms with E-state index < -0.39 is 5.97 Å². The average Bonchev–Trinajstić information content (AvgIpc) is 3.32. The van der Waals surface area contributed by atoms with Gasteiger partial charge in [-0.25, -0.2) is 14.6 Å². The summed E-state index contributed by atoms with van der Waals surface area (Å²) >= 11 is 0. The van der Waals surface area contributed by atoms with Crippen molar-refractivity contribution < 1.29 is 14.3 Å². The number of furan rings is 1. The Morgan fingerprint density at radius 2 is 2.23 bits per heavy atom. The van der Waals surface area contributed by atoms with Crippen molar-refractivity contribution in [3.63, 3.8) is 0 Å². The van der Waals surface area contributed by atoms with E-state index in [1.807, 2.05) is 18.2 Å². The summed E-state index contributed by atoms with van der Waals surface area (Å²) in [6.45, 7) is 1.43. The highest BCUT2D eigenvalue weighted by Gasteiger charge is 2.28. The lowest BCUT2D eigenvalue weighted by molar-refractivity contribution is -0.137. The molecule has 8 heteroatoms. The van der Waals surface area contributed by atoms with Crippen molar-refractivity contribution in [3.05, 3.63) is 48.6 Å². The zero-order chi connectivity index (χ0) is 17.9. The molecular formula is C18H19N5O3. The Balaban J connectivity index is 1.64. The molecule has 0 amide bonds. The molecule has 134 valence electrons. The number of carbonyl (C=O) groups is 1. The first-order valence-corrected chi connectivity index (χ1v) is 8.57. The Morgan fingerprint density at radius 1 is 1.31 bits per heavy atom. The van der Waals surface area contributed by atoms with E-state index in [0.29, 0.717) is 17.4 Å². The zero-order valence-corrected chi connectivity index (χ0v) is 14.2. The minimum atomic E-state index is -0.945. The van der Waals surface area contributed by atoms with Crippen LogP contribution in [0.25, 0.3) is 11.6 Å². The summed E-state index contributed by atoms with van der Waals surface area (Å²) in [6, 6.07) is 9.37. The molecule has 0 bridgehead atoms. The van der Waals surface area contributed by atoms with Crippen LogP contribution in [0.4, 0.5) is 5.82 Å². The molecule has 8 nitrogen and oxygen atoms in total. The van der Waals surface area contributed by atoms with E-state index in [9.17, 15) is 9.90 Å². The van der Waals surface area contributed by atoms with Gasteiger partial charge in [-0.2, -0.15) is 0 Å². The van der Waals surface area contributed by atoms with Crippen molar-refractivity contribution in [3.8, 4) is 11.6 Å². The van der Waals surface area contributed by atoms with E-state index >= 15 is 0 Å². The molecule has 3 aromatic rings. The molecule has 1 N–H and O–H groups in total. The van der Waals surface area contributed by atoms with E-state index in [2.05, 4.69) is 20.0 Å². The lowest BCUT2D eigenvalue weighted by Gasteiger charge is -2.33. The van der Waals surface area contributed by atoms with Crippen LogP contribution in [-0.4, -0.2) is 43.9 Å². The first kappa shape index (κ1) is 16.3. The quantitative estimate of drug-likeness (QED) is 0.752. The molecule has 26 heavy (non-hydrogen) atoms. The average molecular weight is 353 g/mol. The third kappa shape index (κ3) is 3.30. The summed E-state index contributed by atoms with van der Waals surface area (Å²) in [6.07, 6.45) is 5.24. The molecule has 4 rings (SSSR count). The van der Waals surface area contributed by atoms with Crippen LogP contribution >= 0.6 is 0 Å². The smallest absolute Gasteiger partial charge is 0.325 e. The van der Waals surface area contributed by atoms with E-state index in [1.54, 1.807) is 24.6 Å². The Labute approximate surface area is 150 Å². The molecule has 0 saturated carbocycles. The highest BCUT2D eigenvalue weighted by atomic mass is 16.4. The molecule has 1 fully saturated rings. The SMILES string of the molecule is O=C(O)Cn1nc(-c2ccco2)nc1[C@@H]1CCCN(c2ccccn2)C1. The van der Waals surface area contributed by atoms with Crippen LogP contribution in [0.2, 0.25) is 0 Å². The minimum absolute atomic E-state index is 0.0846. The number of pyridine rings is 1.